The zero-order valence-electron chi connectivity index (χ0n) is 31.1. The standard InChI is InChI=1S/C39H45Cl2FN8O5/c1-4-18-47-36(51)30-34(45-38(47)54-27-17-15-25(42)21-26(27)41)49(32(43-30)22-10-6-7-11-22)50-33(23-12-8-9-13-23)44-31-35(50)46-39(48(19-5-2)37(31)52)55-28-16-14-24(40)20-29(28)53-3/h14-17,20-23,32-33,43-44H,4-13,18-19H2,1-3H3. The van der Waals surface area contributed by atoms with Crippen LogP contribution in [0.5, 0.6) is 29.3 Å². The number of halogens is 3. The van der Waals surface area contributed by atoms with E-state index in [0.29, 0.717) is 65.5 Å². The second-order valence-electron chi connectivity index (χ2n) is 14.6. The van der Waals surface area contributed by atoms with Crippen molar-refractivity contribution in [3.05, 3.63) is 73.0 Å². The Kier molecular flexibility index (Phi) is 10.5. The average Bonchev–Trinajstić information content (AvgIpc) is 4.00. The first-order valence-corrected chi connectivity index (χ1v) is 20.0. The predicted molar refractivity (Wildman–Crippen MR) is 211 cm³/mol. The monoisotopic (exact) mass is 794 g/mol. The lowest BCUT2D eigenvalue weighted by molar-refractivity contribution is 0.351. The molecule has 4 heterocycles. The second-order valence-corrected chi connectivity index (χ2v) is 15.5. The fourth-order valence-electron chi connectivity index (χ4n) is 8.45. The summed E-state index contributed by atoms with van der Waals surface area (Å²) in [4.78, 5) is 39.3. The summed E-state index contributed by atoms with van der Waals surface area (Å²) >= 11 is 12.7. The van der Waals surface area contributed by atoms with Crippen LogP contribution in [0.3, 0.4) is 0 Å². The number of rotatable bonds is 12. The number of nitrogens with one attached hydrogen (secondary N) is 2. The molecule has 2 unspecified atom stereocenters. The van der Waals surface area contributed by atoms with Gasteiger partial charge < -0.3 is 24.8 Å². The minimum atomic E-state index is -0.513. The lowest BCUT2D eigenvalue weighted by Gasteiger charge is -2.42. The van der Waals surface area contributed by atoms with Crippen molar-refractivity contribution in [2.75, 3.05) is 27.8 Å². The first kappa shape index (κ1) is 37.2. The third-order valence-corrected chi connectivity index (χ3v) is 11.5. The summed E-state index contributed by atoms with van der Waals surface area (Å²) < 4.78 is 35.3. The lowest BCUT2D eigenvalue weighted by atomic mass is 10.0. The number of hydrazine groups is 1. The van der Waals surface area contributed by atoms with E-state index in [-0.39, 0.29) is 58.1 Å². The van der Waals surface area contributed by atoms with Crippen molar-refractivity contribution in [1.29, 1.82) is 0 Å². The molecule has 292 valence electrons. The van der Waals surface area contributed by atoms with Crippen LogP contribution < -0.4 is 46.0 Å². The largest absolute Gasteiger partial charge is 0.493 e. The van der Waals surface area contributed by atoms with Crippen molar-refractivity contribution in [2.24, 2.45) is 11.8 Å². The molecule has 2 aliphatic carbocycles. The molecule has 0 amide bonds. The van der Waals surface area contributed by atoms with Crippen molar-refractivity contribution in [3.8, 4) is 29.3 Å². The number of hydrogen-bond donors (Lipinski definition) is 2. The Bertz CT molecular complexity index is 2210. The molecule has 0 spiro atoms. The maximum Gasteiger partial charge on any atom is 0.307 e. The van der Waals surface area contributed by atoms with Crippen LogP contribution >= 0.6 is 23.2 Å². The van der Waals surface area contributed by atoms with Gasteiger partial charge in [0.1, 0.15) is 35.3 Å². The van der Waals surface area contributed by atoms with Gasteiger partial charge in [0.15, 0.2) is 23.1 Å². The van der Waals surface area contributed by atoms with E-state index < -0.39 is 5.82 Å². The first-order valence-electron chi connectivity index (χ1n) is 19.3. The normalized spacial score (nSPS) is 19.4. The Morgan fingerprint density at radius 1 is 0.727 bits per heavy atom. The predicted octanol–water partition coefficient (Wildman–Crippen LogP) is 8.77. The molecule has 0 bridgehead atoms. The number of benzene rings is 2. The fraction of sp³-hybridized carbons (Fsp3) is 0.487. The average molecular weight is 796 g/mol. The minimum Gasteiger partial charge on any atom is -0.493 e. The number of hydrogen-bond acceptors (Lipinski definition) is 11. The molecule has 4 aliphatic rings. The molecular weight excluding hydrogens is 750 g/mol. The summed E-state index contributed by atoms with van der Waals surface area (Å²) in [5.74, 6) is 1.44. The maximum atomic E-state index is 14.6. The van der Waals surface area contributed by atoms with E-state index in [9.17, 15) is 14.0 Å². The lowest BCUT2D eigenvalue weighted by Crippen LogP contribution is -2.58. The fourth-order valence-corrected chi connectivity index (χ4v) is 8.81. The maximum absolute atomic E-state index is 14.6. The molecule has 0 saturated heterocycles. The number of aromatic nitrogens is 4. The van der Waals surface area contributed by atoms with Crippen molar-refractivity contribution in [2.45, 2.75) is 103 Å². The SMILES string of the molecule is CCCn1c(Oc2ccc(F)cc2Cl)nc2c(c1=O)NC(C1CCCC1)N2N1c2nc(Oc3ccc(Cl)cc3OC)n(CCC)c(=O)c2NC1C1CCCC1. The van der Waals surface area contributed by atoms with Gasteiger partial charge in [0.2, 0.25) is 0 Å². The molecule has 2 aromatic carbocycles. The number of anilines is 4. The molecule has 2 aliphatic heterocycles. The molecule has 2 fully saturated rings. The van der Waals surface area contributed by atoms with Crippen molar-refractivity contribution < 1.29 is 18.6 Å². The quantitative estimate of drug-likeness (QED) is 0.143. The highest BCUT2D eigenvalue weighted by Crippen LogP contribution is 2.48. The molecular formula is C39H45Cl2FN8O5. The van der Waals surface area contributed by atoms with Crippen LogP contribution in [-0.2, 0) is 13.1 Å². The number of methoxy groups -OCH3 is 1. The molecule has 0 radical (unpaired) electrons. The minimum absolute atomic E-state index is 0.0213. The van der Waals surface area contributed by atoms with Gasteiger partial charge in [-0.2, -0.15) is 9.97 Å². The summed E-state index contributed by atoms with van der Waals surface area (Å²) in [6.07, 6.45) is 8.54. The van der Waals surface area contributed by atoms with Crippen molar-refractivity contribution in [1.82, 2.24) is 19.1 Å². The molecule has 2 N–H and O–H groups in total. The van der Waals surface area contributed by atoms with Crippen LogP contribution in [0.1, 0.15) is 78.1 Å². The highest BCUT2D eigenvalue weighted by atomic mass is 35.5. The van der Waals surface area contributed by atoms with Crippen LogP contribution in [0.2, 0.25) is 10.0 Å². The zero-order valence-corrected chi connectivity index (χ0v) is 32.6. The van der Waals surface area contributed by atoms with E-state index >= 15 is 0 Å². The number of ether oxygens (including phenoxy) is 3. The van der Waals surface area contributed by atoms with Crippen molar-refractivity contribution >= 4 is 46.2 Å². The zero-order chi connectivity index (χ0) is 38.4. The van der Waals surface area contributed by atoms with E-state index in [2.05, 4.69) is 10.6 Å². The summed E-state index contributed by atoms with van der Waals surface area (Å²) in [6.45, 7) is 4.65. The summed E-state index contributed by atoms with van der Waals surface area (Å²) in [7, 11) is 1.52. The number of fused-ring (bicyclic) bond motifs is 2. The van der Waals surface area contributed by atoms with Gasteiger partial charge in [-0.15, -0.1) is 0 Å². The summed E-state index contributed by atoms with van der Waals surface area (Å²) in [6, 6.07) is 8.96. The van der Waals surface area contributed by atoms with E-state index in [1.807, 2.05) is 23.9 Å². The van der Waals surface area contributed by atoms with Crippen LogP contribution in [0.15, 0.2) is 46.0 Å². The van der Waals surface area contributed by atoms with Gasteiger partial charge in [-0.1, -0.05) is 62.7 Å². The van der Waals surface area contributed by atoms with Crippen LogP contribution in [-0.4, -0.2) is 38.5 Å². The van der Waals surface area contributed by atoms with Gasteiger partial charge in [-0.25, -0.2) is 14.4 Å². The van der Waals surface area contributed by atoms with Crippen molar-refractivity contribution in [3.63, 3.8) is 0 Å². The summed E-state index contributed by atoms with van der Waals surface area (Å²) in [5, 5.41) is 11.8. The smallest absolute Gasteiger partial charge is 0.307 e. The Labute approximate surface area is 328 Å². The van der Waals surface area contributed by atoms with Gasteiger partial charge in [-0.05, 0) is 80.7 Å². The van der Waals surface area contributed by atoms with Gasteiger partial charge in [-0.3, -0.25) is 18.7 Å². The molecule has 2 aromatic heterocycles. The van der Waals surface area contributed by atoms with E-state index in [1.165, 1.54) is 23.8 Å². The van der Waals surface area contributed by atoms with Crippen LogP contribution in [0.25, 0.3) is 0 Å². The van der Waals surface area contributed by atoms with Gasteiger partial charge in [0.05, 0.1) is 12.1 Å². The highest BCUT2D eigenvalue weighted by molar-refractivity contribution is 6.32. The van der Waals surface area contributed by atoms with Gasteiger partial charge in [0, 0.05) is 24.2 Å². The first-order chi connectivity index (χ1) is 26.7. The van der Waals surface area contributed by atoms with E-state index in [4.69, 9.17) is 47.4 Å². The van der Waals surface area contributed by atoms with Crippen LogP contribution in [0, 0.1) is 17.7 Å². The Morgan fingerprint density at radius 3 is 1.69 bits per heavy atom. The van der Waals surface area contributed by atoms with E-state index in [0.717, 1.165) is 57.4 Å². The third kappa shape index (κ3) is 6.81. The van der Waals surface area contributed by atoms with Gasteiger partial charge in [0.25, 0.3) is 11.1 Å². The molecule has 55 heavy (non-hydrogen) atoms. The molecule has 16 heteroatoms. The topological polar surface area (TPSA) is 128 Å². The third-order valence-electron chi connectivity index (χ3n) is 11.0. The Hall–Kier alpha value is -4.69. The Balaban J connectivity index is 1.32. The van der Waals surface area contributed by atoms with Gasteiger partial charge >= 0.3 is 12.0 Å². The van der Waals surface area contributed by atoms with E-state index in [1.54, 1.807) is 22.8 Å². The Morgan fingerprint density at radius 2 is 1.22 bits per heavy atom. The molecule has 2 saturated carbocycles. The van der Waals surface area contributed by atoms with Crippen LogP contribution in [0.4, 0.5) is 27.4 Å². The summed E-state index contributed by atoms with van der Waals surface area (Å²) in [5.41, 5.74) is 0.114. The highest BCUT2D eigenvalue weighted by Gasteiger charge is 2.50. The molecule has 4 aromatic rings. The molecule has 8 rings (SSSR count). The molecule has 13 nitrogen and oxygen atoms in total. The number of nitrogens with zero attached hydrogens (tertiary/aromatic N) is 6. The molecule has 2 atom stereocenters. The second kappa shape index (κ2) is 15.4.